The number of rotatable bonds is 3. The van der Waals surface area contributed by atoms with Gasteiger partial charge in [-0.3, -0.25) is 0 Å². The summed E-state index contributed by atoms with van der Waals surface area (Å²) < 4.78 is 0. The SMILES string of the molecule is C/C(=C\B(O)O)CC1CCC1. The molecule has 0 unspecified atom stereocenters. The third-order valence-electron chi connectivity index (χ3n) is 2.27. The normalized spacial score (nSPS) is 19.7. The van der Waals surface area contributed by atoms with Gasteiger partial charge in [-0.25, -0.2) is 0 Å². The highest BCUT2D eigenvalue weighted by Crippen LogP contribution is 2.31. The Kier molecular flexibility index (Phi) is 3.15. The third kappa shape index (κ3) is 3.08. The van der Waals surface area contributed by atoms with E-state index in [2.05, 4.69) is 0 Å². The van der Waals surface area contributed by atoms with Crippen molar-refractivity contribution in [3.05, 3.63) is 11.5 Å². The first-order chi connectivity index (χ1) is 5.18. The molecule has 0 aromatic heterocycles. The molecule has 0 atom stereocenters. The van der Waals surface area contributed by atoms with Crippen LogP contribution in [0.5, 0.6) is 0 Å². The van der Waals surface area contributed by atoms with Crippen LogP contribution in [-0.2, 0) is 0 Å². The largest absolute Gasteiger partial charge is 0.480 e. The zero-order valence-corrected chi connectivity index (χ0v) is 6.95. The zero-order chi connectivity index (χ0) is 8.27. The fraction of sp³-hybridized carbons (Fsp3) is 0.750. The molecular formula is C8H15BO2. The van der Waals surface area contributed by atoms with Crippen molar-refractivity contribution in [2.24, 2.45) is 5.92 Å². The summed E-state index contributed by atoms with van der Waals surface area (Å²) >= 11 is 0. The van der Waals surface area contributed by atoms with Gasteiger partial charge in [0.15, 0.2) is 0 Å². The summed E-state index contributed by atoms with van der Waals surface area (Å²) in [5.74, 6) is 2.32. The monoisotopic (exact) mass is 154 g/mol. The molecule has 1 aliphatic rings. The fourth-order valence-corrected chi connectivity index (χ4v) is 1.47. The number of hydrogen-bond acceptors (Lipinski definition) is 2. The van der Waals surface area contributed by atoms with E-state index in [1.165, 1.54) is 25.2 Å². The molecule has 11 heavy (non-hydrogen) atoms. The highest BCUT2D eigenvalue weighted by atomic mass is 16.4. The summed E-state index contributed by atoms with van der Waals surface area (Å²) in [6.07, 6.45) is 5.01. The van der Waals surface area contributed by atoms with Gasteiger partial charge in [0.25, 0.3) is 0 Å². The highest BCUT2D eigenvalue weighted by molar-refractivity contribution is 6.47. The summed E-state index contributed by atoms with van der Waals surface area (Å²) in [5, 5.41) is 17.2. The molecule has 0 aromatic rings. The van der Waals surface area contributed by atoms with E-state index in [4.69, 9.17) is 10.0 Å². The maximum atomic E-state index is 8.61. The molecule has 2 nitrogen and oxygen atoms in total. The molecule has 62 valence electrons. The molecule has 1 aliphatic carbocycles. The molecule has 0 heterocycles. The lowest BCUT2D eigenvalue weighted by Crippen LogP contribution is -2.13. The van der Waals surface area contributed by atoms with Gasteiger partial charge in [0.2, 0.25) is 0 Å². The average Bonchev–Trinajstić information content (AvgIpc) is 1.77. The van der Waals surface area contributed by atoms with Crippen molar-refractivity contribution in [1.29, 1.82) is 0 Å². The minimum absolute atomic E-state index is 0.810. The summed E-state index contributed by atoms with van der Waals surface area (Å²) in [5.41, 5.74) is 1.10. The first-order valence-electron chi connectivity index (χ1n) is 4.22. The molecular weight excluding hydrogens is 139 g/mol. The predicted octanol–water partition coefficient (Wildman–Crippen LogP) is 1.13. The van der Waals surface area contributed by atoms with E-state index < -0.39 is 7.12 Å². The van der Waals surface area contributed by atoms with Crippen LogP contribution in [0.25, 0.3) is 0 Å². The lowest BCUT2D eigenvalue weighted by atomic mass is 9.78. The molecule has 0 amide bonds. The summed E-state index contributed by atoms with van der Waals surface area (Å²) in [6, 6.07) is 0. The second-order valence-electron chi connectivity index (χ2n) is 3.43. The van der Waals surface area contributed by atoms with Crippen molar-refractivity contribution in [2.45, 2.75) is 32.6 Å². The van der Waals surface area contributed by atoms with E-state index in [-0.39, 0.29) is 0 Å². The molecule has 1 rings (SSSR count). The van der Waals surface area contributed by atoms with Crippen LogP contribution >= 0.6 is 0 Å². The lowest BCUT2D eigenvalue weighted by Gasteiger charge is -2.25. The summed E-state index contributed by atoms with van der Waals surface area (Å²) in [4.78, 5) is 0. The van der Waals surface area contributed by atoms with E-state index >= 15 is 0 Å². The first kappa shape index (κ1) is 8.82. The average molecular weight is 154 g/mol. The van der Waals surface area contributed by atoms with Crippen LogP contribution in [-0.4, -0.2) is 17.2 Å². The van der Waals surface area contributed by atoms with E-state index in [1.54, 1.807) is 0 Å². The maximum absolute atomic E-state index is 8.61. The van der Waals surface area contributed by atoms with Crippen molar-refractivity contribution in [2.75, 3.05) is 0 Å². The molecule has 0 aromatic carbocycles. The number of hydrogen-bond donors (Lipinski definition) is 2. The quantitative estimate of drug-likeness (QED) is 0.598. The Morgan fingerprint density at radius 3 is 2.55 bits per heavy atom. The minimum Gasteiger partial charge on any atom is -0.424 e. The van der Waals surface area contributed by atoms with Crippen LogP contribution in [0, 0.1) is 5.92 Å². The zero-order valence-electron chi connectivity index (χ0n) is 6.95. The van der Waals surface area contributed by atoms with Crippen molar-refractivity contribution in [3.8, 4) is 0 Å². The summed E-state index contributed by atoms with van der Waals surface area (Å²) in [7, 11) is -1.27. The molecule has 0 saturated heterocycles. The van der Waals surface area contributed by atoms with Gasteiger partial charge in [-0.2, -0.15) is 0 Å². The van der Waals surface area contributed by atoms with Crippen molar-refractivity contribution in [1.82, 2.24) is 0 Å². The molecule has 2 N–H and O–H groups in total. The molecule has 3 heteroatoms. The molecule has 0 bridgehead atoms. The Bertz CT molecular complexity index is 150. The van der Waals surface area contributed by atoms with Gasteiger partial charge in [0.05, 0.1) is 0 Å². The predicted molar refractivity (Wildman–Crippen MR) is 45.9 cm³/mol. The third-order valence-corrected chi connectivity index (χ3v) is 2.27. The van der Waals surface area contributed by atoms with Gasteiger partial charge >= 0.3 is 7.12 Å². The second kappa shape index (κ2) is 3.93. The molecule has 0 spiro atoms. The Morgan fingerprint density at radius 2 is 2.18 bits per heavy atom. The van der Waals surface area contributed by atoms with Crippen molar-refractivity contribution < 1.29 is 10.0 Å². The molecule has 0 aliphatic heterocycles. The van der Waals surface area contributed by atoms with Gasteiger partial charge < -0.3 is 10.0 Å². The maximum Gasteiger partial charge on any atom is 0.480 e. The van der Waals surface area contributed by atoms with Crippen LogP contribution in [0.3, 0.4) is 0 Å². The topological polar surface area (TPSA) is 40.5 Å². The number of allylic oxidation sites excluding steroid dienone is 1. The molecule has 0 radical (unpaired) electrons. The van der Waals surface area contributed by atoms with Crippen LogP contribution in [0.1, 0.15) is 32.6 Å². The van der Waals surface area contributed by atoms with Crippen LogP contribution < -0.4 is 0 Å². The second-order valence-corrected chi connectivity index (χ2v) is 3.43. The molecule has 1 saturated carbocycles. The standard InChI is InChI=1S/C8H15BO2/c1-7(6-9(10)11)5-8-3-2-4-8/h6,8,10-11H,2-5H2,1H3/b7-6+. The van der Waals surface area contributed by atoms with E-state index in [9.17, 15) is 0 Å². The van der Waals surface area contributed by atoms with Crippen LogP contribution in [0.2, 0.25) is 0 Å². The fourth-order valence-electron chi connectivity index (χ4n) is 1.47. The van der Waals surface area contributed by atoms with Crippen LogP contribution in [0.4, 0.5) is 0 Å². The van der Waals surface area contributed by atoms with Gasteiger partial charge in [0, 0.05) is 0 Å². The smallest absolute Gasteiger partial charge is 0.424 e. The van der Waals surface area contributed by atoms with Crippen LogP contribution in [0.15, 0.2) is 11.5 Å². The Labute approximate surface area is 68.1 Å². The van der Waals surface area contributed by atoms with E-state index in [1.807, 2.05) is 6.92 Å². The Morgan fingerprint density at radius 1 is 1.55 bits per heavy atom. The van der Waals surface area contributed by atoms with E-state index in [0.717, 1.165) is 17.9 Å². The van der Waals surface area contributed by atoms with Crippen molar-refractivity contribution >= 4 is 7.12 Å². The Hall–Kier alpha value is -0.275. The minimum atomic E-state index is -1.27. The van der Waals surface area contributed by atoms with Gasteiger partial charge in [-0.15, -0.1) is 0 Å². The van der Waals surface area contributed by atoms with Crippen molar-refractivity contribution in [3.63, 3.8) is 0 Å². The Balaban J connectivity index is 2.23. The van der Waals surface area contributed by atoms with Gasteiger partial charge in [-0.05, 0) is 19.3 Å². The molecule has 1 fully saturated rings. The highest BCUT2D eigenvalue weighted by Gasteiger charge is 2.17. The first-order valence-corrected chi connectivity index (χ1v) is 4.22. The van der Waals surface area contributed by atoms with Gasteiger partial charge in [-0.1, -0.05) is 30.8 Å². The van der Waals surface area contributed by atoms with Gasteiger partial charge in [0.1, 0.15) is 0 Å². The lowest BCUT2D eigenvalue weighted by molar-refractivity contribution is 0.313. The van der Waals surface area contributed by atoms with E-state index in [0.29, 0.717) is 0 Å². The summed E-state index contributed by atoms with van der Waals surface area (Å²) in [6.45, 7) is 1.96.